The van der Waals surface area contributed by atoms with Crippen LogP contribution in [0, 0.1) is 6.92 Å². The third-order valence-corrected chi connectivity index (χ3v) is 3.18. The Labute approximate surface area is 125 Å². The number of carboxylic acids is 1. The molecule has 1 atom stereocenters. The van der Waals surface area contributed by atoms with Crippen molar-refractivity contribution in [1.29, 1.82) is 0 Å². The number of hydrogen-bond donors (Lipinski definition) is 1. The fourth-order valence-electron chi connectivity index (χ4n) is 2.10. The first kappa shape index (κ1) is 17.0. The second-order valence-electron chi connectivity index (χ2n) is 4.94. The van der Waals surface area contributed by atoms with Gasteiger partial charge in [-0.15, -0.1) is 0 Å². The van der Waals surface area contributed by atoms with Crippen molar-refractivity contribution in [2.24, 2.45) is 0 Å². The number of aliphatic carboxylic acids is 1. The van der Waals surface area contributed by atoms with Crippen LogP contribution in [-0.2, 0) is 16.0 Å². The zero-order valence-corrected chi connectivity index (χ0v) is 12.8. The fraction of sp³-hybridized carbons (Fsp3) is 0.500. The molecule has 0 aliphatic rings. The summed E-state index contributed by atoms with van der Waals surface area (Å²) in [4.78, 5) is 24.8. The maximum Gasteiger partial charge on any atom is 0.410 e. The maximum absolute atomic E-state index is 12.0. The number of carboxylic acid groups (broad SMARTS) is 1. The molecule has 21 heavy (non-hydrogen) atoms. The van der Waals surface area contributed by atoms with Crippen molar-refractivity contribution >= 4 is 12.1 Å². The summed E-state index contributed by atoms with van der Waals surface area (Å²) in [7, 11) is 0. The Kier molecular flexibility index (Phi) is 6.72. The molecule has 0 fully saturated rings. The minimum absolute atomic E-state index is 0.232. The lowest BCUT2D eigenvalue weighted by molar-refractivity contribution is -0.142. The highest BCUT2D eigenvalue weighted by Crippen LogP contribution is 2.13. The van der Waals surface area contributed by atoms with Gasteiger partial charge in [0, 0.05) is 13.0 Å². The van der Waals surface area contributed by atoms with Crippen molar-refractivity contribution in [2.75, 3.05) is 13.2 Å². The molecular weight excluding hydrogens is 270 g/mol. The van der Waals surface area contributed by atoms with Crippen LogP contribution in [0.5, 0.6) is 0 Å². The van der Waals surface area contributed by atoms with E-state index in [1.807, 2.05) is 38.1 Å². The molecule has 1 amide bonds. The van der Waals surface area contributed by atoms with Crippen LogP contribution in [0.2, 0.25) is 0 Å². The Balaban J connectivity index is 2.93. The summed E-state index contributed by atoms with van der Waals surface area (Å²) in [5, 5.41) is 9.45. The molecule has 0 aliphatic carbocycles. The first-order chi connectivity index (χ1) is 9.99. The second-order valence-corrected chi connectivity index (χ2v) is 4.94. The Morgan fingerprint density at radius 3 is 2.33 bits per heavy atom. The molecule has 1 N–H and O–H groups in total. The molecule has 0 aromatic heterocycles. The average molecular weight is 293 g/mol. The van der Waals surface area contributed by atoms with Gasteiger partial charge in [0.2, 0.25) is 0 Å². The van der Waals surface area contributed by atoms with Crippen LogP contribution < -0.4 is 0 Å². The van der Waals surface area contributed by atoms with Crippen LogP contribution in [0.25, 0.3) is 0 Å². The lowest BCUT2D eigenvalue weighted by atomic mass is 10.0. The van der Waals surface area contributed by atoms with Crippen molar-refractivity contribution in [3.63, 3.8) is 0 Å². The van der Waals surface area contributed by atoms with E-state index in [9.17, 15) is 14.7 Å². The molecule has 0 saturated carbocycles. The largest absolute Gasteiger partial charge is 0.480 e. The van der Waals surface area contributed by atoms with E-state index in [2.05, 4.69) is 0 Å². The van der Waals surface area contributed by atoms with E-state index in [1.165, 1.54) is 4.90 Å². The van der Waals surface area contributed by atoms with Gasteiger partial charge < -0.3 is 9.84 Å². The van der Waals surface area contributed by atoms with Crippen molar-refractivity contribution in [2.45, 2.75) is 39.7 Å². The van der Waals surface area contributed by atoms with Crippen LogP contribution in [-0.4, -0.2) is 41.3 Å². The van der Waals surface area contributed by atoms with Crippen molar-refractivity contribution in [1.82, 2.24) is 4.90 Å². The van der Waals surface area contributed by atoms with E-state index in [1.54, 1.807) is 6.92 Å². The predicted molar refractivity (Wildman–Crippen MR) is 80.3 cm³/mol. The highest BCUT2D eigenvalue weighted by Gasteiger charge is 2.30. The summed E-state index contributed by atoms with van der Waals surface area (Å²) >= 11 is 0. The van der Waals surface area contributed by atoms with Gasteiger partial charge in [0.25, 0.3) is 0 Å². The minimum Gasteiger partial charge on any atom is -0.480 e. The first-order valence-corrected chi connectivity index (χ1v) is 7.21. The molecule has 0 radical (unpaired) electrons. The summed E-state index contributed by atoms with van der Waals surface area (Å²) in [5.74, 6) is -1.02. The standard InChI is InChI=1S/C16H23NO4/c1-4-10-17(16(20)21-5-2)14(15(18)19)11-13-8-6-12(3)7-9-13/h6-9,14H,4-5,10-11H2,1-3H3,(H,18,19). The summed E-state index contributed by atoms with van der Waals surface area (Å²) in [5.41, 5.74) is 2.00. The summed E-state index contributed by atoms with van der Waals surface area (Å²) in [6, 6.07) is 6.74. The van der Waals surface area contributed by atoms with Gasteiger partial charge >= 0.3 is 12.1 Å². The highest BCUT2D eigenvalue weighted by molar-refractivity contribution is 5.80. The van der Waals surface area contributed by atoms with Crippen molar-refractivity contribution in [3.8, 4) is 0 Å². The molecule has 0 spiro atoms. The van der Waals surface area contributed by atoms with Crippen molar-refractivity contribution in [3.05, 3.63) is 35.4 Å². The molecule has 0 heterocycles. The zero-order chi connectivity index (χ0) is 15.8. The van der Waals surface area contributed by atoms with Crippen LogP contribution in [0.3, 0.4) is 0 Å². The Hall–Kier alpha value is -2.04. The van der Waals surface area contributed by atoms with Crippen LogP contribution in [0.4, 0.5) is 4.79 Å². The zero-order valence-electron chi connectivity index (χ0n) is 12.8. The number of nitrogens with zero attached hydrogens (tertiary/aromatic N) is 1. The van der Waals surface area contributed by atoms with Gasteiger partial charge in [0.05, 0.1) is 6.61 Å². The molecule has 1 rings (SSSR count). The molecule has 0 aliphatic heterocycles. The summed E-state index contributed by atoms with van der Waals surface area (Å²) in [6.07, 6.45) is 0.379. The van der Waals surface area contributed by atoms with Crippen LogP contribution in [0.15, 0.2) is 24.3 Å². The van der Waals surface area contributed by atoms with Gasteiger partial charge in [-0.1, -0.05) is 36.8 Å². The molecule has 0 saturated heterocycles. The fourth-order valence-corrected chi connectivity index (χ4v) is 2.10. The van der Waals surface area contributed by atoms with E-state index in [4.69, 9.17) is 4.74 Å². The number of hydrogen-bond acceptors (Lipinski definition) is 3. The lowest BCUT2D eigenvalue weighted by Gasteiger charge is -2.27. The number of carbonyl (C=O) groups is 2. The van der Waals surface area contributed by atoms with E-state index in [-0.39, 0.29) is 13.0 Å². The molecule has 5 heteroatoms. The van der Waals surface area contributed by atoms with Gasteiger partial charge in [0.1, 0.15) is 6.04 Å². The van der Waals surface area contributed by atoms with Crippen LogP contribution in [0.1, 0.15) is 31.4 Å². The number of aryl methyl sites for hydroxylation is 1. The van der Waals surface area contributed by atoms with Gasteiger partial charge in [0.15, 0.2) is 0 Å². The first-order valence-electron chi connectivity index (χ1n) is 7.21. The summed E-state index contributed by atoms with van der Waals surface area (Å²) in [6.45, 7) is 6.17. The molecule has 1 aromatic carbocycles. The molecular formula is C16H23NO4. The third kappa shape index (κ3) is 5.10. The minimum atomic E-state index is -1.02. The Bertz CT molecular complexity index is 470. The molecule has 0 bridgehead atoms. The van der Waals surface area contributed by atoms with Gasteiger partial charge in [-0.3, -0.25) is 4.90 Å². The van der Waals surface area contributed by atoms with Crippen LogP contribution >= 0.6 is 0 Å². The van der Waals surface area contributed by atoms with E-state index >= 15 is 0 Å². The number of ether oxygens (including phenoxy) is 1. The molecule has 1 aromatic rings. The topological polar surface area (TPSA) is 66.8 Å². The SMILES string of the molecule is CCCN(C(=O)OCC)C(Cc1ccc(C)cc1)C(=O)O. The molecule has 1 unspecified atom stereocenters. The summed E-state index contributed by atoms with van der Waals surface area (Å²) < 4.78 is 4.97. The van der Waals surface area contributed by atoms with Gasteiger partial charge in [-0.05, 0) is 25.8 Å². The quantitative estimate of drug-likeness (QED) is 0.839. The molecule has 5 nitrogen and oxygen atoms in total. The maximum atomic E-state index is 12.0. The third-order valence-electron chi connectivity index (χ3n) is 3.18. The molecule has 116 valence electrons. The Morgan fingerprint density at radius 1 is 1.24 bits per heavy atom. The monoisotopic (exact) mass is 293 g/mol. The predicted octanol–water partition coefficient (Wildman–Crippen LogP) is 2.86. The van der Waals surface area contributed by atoms with E-state index in [0.29, 0.717) is 13.0 Å². The number of benzene rings is 1. The lowest BCUT2D eigenvalue weighted by Crippen LogP contribution is -2.47. The second kappa shape index (κ2) is 8.29. The normalized spacial score (nSPS) is 11.8. The smallest absolute Gasteiger partial charge is 0.410 e. The number of carbonyl (C=O) groups excluding carboxylic acids is 1. The number of amides is 1. The average Bonchev–Trinajstić information content (AvgIpc) is 2.44. The van der Waals surface area contributed by atoms with Gasteiger partial charge in [-0.2, -0.15) is 0 Å². The van der Waals surface area contributed by atoms with E-state index in [0.717, 1.165) is 11.1 Å². The van der Waals surface area contributed by atoms with Gasteiger partial charge in [-0.25, -0.2) is 9.59 Å². The van der Waals surface area contributed by atoms with E-state index < -0.39 is 18.1 Å². The Morgan fingerprint density at radius 2 is 1.86 bits per heavy atom. The van der Waals surface area contributed by atoms with Crippen molar-refractivity contribution < 1.29 is 19.4 Å². The number of rotatable bonds is 7. The highest BCUT2D eigenvalue weighted by atomic mass is 16.6.